The van der Waals surface area contributed by atoms with Crippen LogP contribution in [-0.2, 0) is 11.3 Å². The second-order valence-corrected chi connectivity index (χ2v) is 7.84. The monoisotopic (exact) mass is 464 g/mol. The molecule has 0 unspecified atom stereocenters. The van der Waals surface area contributed by atoms with Crippen LogP contribution < -0.4 is 4.80 Å². The number of hydrogen-bond acceptors (Lipinski definition) is 7. The van der Waals surface area contributed by atoms with Crippen molar-refractivity contribution < 1.29 is 19.4 Å². The van der Waals surface area contributed by atoms with E-state index in [4.69, 9.17) is 16.3 Å². The fourth-order valence-electron chi connectivity index (χ4n) is 2.99. The molecule has 31 heavy (non-hydrogen) atoms. The van der Waals surface area contributed by atoms with E-state index in [9.17, 15) is 25.0 Å². The molecular formula is C19H17ClN4O6S. The van der Waals surface area contributed by atoms with Gasteiger partial charge in [-0.25, -0.2) is 0 Å². The number of benzene rings is 2. The zero-order valence-electron chi connectivity index (χ0n) is 16.5. The molecule has 1 aromatic heterocycles. The van der Waals surface area contributed by atoms with Gasteiger partial charge in [-0.15, -0.1) is 0 Å². The number of nitro benzene ring substituents is 2. The normalized spacial score (nSPS) is 11.8. The van der Waals surface area contributed by atoms with Gasteiger partial charge in [-0.1, -0.05) is 22.9 Å². The molecule has 3 aromatic rings. The zero-order valence-corrected chi connectivity index (χ0v) is 18.1. The van der Waals surface area contributed by atoms with Crippen molar-refractivity contribution in [1.82, 2.24) is 4.57 Å². The van der Waals surface area contributed by atoms with E-state index < -0.39 is 27.1 Å². The second-order valence-electron chi connectivity index (χ2n) is 6.42. The van der Waals surface area contributed by atoms with Crippen molar-refractivity contribution in [3.05, 3.63) is 71.5 Å². The summed E-state index contributed by atoms with van der Waals surface area (Å²) in [6.07, 6.45) is 0. The van der Waals surface area contributed by atoms with Crippen LogP contribution in [0, 0.1) is 27.2 Å². The van der Waals surface area contributed by atoms with Gasteiger partial charge in [-0.2, -0.15) is 4.99 Å². The summed E-state index contributed by atoms with van der Waals surface area (Å²) in [5.41, 5.74) is 0.247. The molecule has 0 atom stereocenters. The lowest BCUT2D eigenvalue weighted by molar-refractivity contribution is -0.394. The highest BCUT2D eigenvalue weighted by Crippen LogP contribution is 2.27. The Bertz CT molecular complexity index is 1230. The van der Waals surface area contributed by atoms with Crippen LogP contribution in [0.5, 0.6) is 0 Å². The minimum atomic E-state index is -0.827. The number of rotatable bonds is 7. The molecule has 3 rings (SSSR count). The van der Waals surface area contributed by atoms with Crippen LogP contribution in [0.1, 0.15) is 22.8 Å². The lowest BCUT2D eigenvalue weighted by Crippen LogP contribution is -2.20. The van der Waals surface area contributed by atoms with Gasteiger partial charge in [0.1, 0.15) is 0 Å². The highest BCUT2D eigenvalue weighted by Gasteiger charge is 2.20. The van der Waals surface area contributed by atoms with E-state index >= 15 is 0 Å². The molecule has 12 heteroatoms. The summed E-state index contributed by atoms with van der Waals surface area (Å²) in [7, 11) is 0. The summed E-state index contributed by atoms with van der Waals surface area (Å²) >= 11 is 7.50. The number of carbonyl (C=O) groups excluding carboxylic acids is 1. The number of hydrogen-bond donors (Lipinski definition) is 0. The predicted octanol–water partition coefficient (Wildman–Crippen LogP) is 4.26. The average Bonchev–Trinajstić information content (AvgIpc) is 3.08. The number of aryl methyl sites for hydroxylation is 1. The number of non-ortho nitro benzene ring substituents is 2. The number of halogens is 1. The minimum absolute atomic E-state index is 0.246. The number of carbonyl (C=O) groups is 1. The summed E-state index contributed by atoms with van der Waals surface area (Å²) in [6, 6.07) is 6.30. The van der Waals surface area contributed by atoms with Crippen molar-refractivity contribution in [2.45, 2.75) is 20.4 Å². The molecule has 0 N–H and O–H groups in total. The van der Waals surface area contributed by atoms with Crippen molar-refractivity contribution in [2.24, 2.45) is 4.99 Å². The molecule has 0 fully saturated rings. The Morgan fingerprint density at radius 3 is 2.42 bits per heavy atom. The van der Waals surface area contributed by atoms with Crippen LogP contribution in [0.4, 0.5) is 11.4 Å². The van der Waals surface area contributed by atoms with Crippen LogP contribution in [0.3, 0.4) is 0 Å². The summed E-state index contributed by atoms with van der Waals surface area (Å²) in [6.45, 7) is 5.01. The summed E-state index contributed by atoms with van der Waals surface area (Å²) in [5.74, 6) is -0.827. The average molecular weight is 465 g/mol. The lowest BCUT2D eigenvalue weighted by atomic mass is 10.1. The third kappa shape index (κ3) is 4.79. The smallest absolute Gasteiger partial charge is 0.280 e. The third-order valence-electron chi connectivity index (χ3n) is 4.46. The van der Waals surface area contributed by atoms with Crippen molar-refractivity contribution in [2.75, 3.05) is 13.2 Å². The maximum atomic E-state index is 12.8. The Labute approximate surface area is 184 Å². The van der Waals surface area contributed by atoms with Gasteiger partial charge in [0, 0.05) is 30.3 Å². The molecule has 1 amide bonds. The molecule has 10 nitrogen and oxygen atoms in total. The van der Waals surface area contributed by atoms with E-state index in [1.165, 1.54) is 11.3 Å². The van der Waals surface area contributed by atoms with Gasteiger partial charge in [0.25, 0.3) is 17.3 Å². The molecule has 0 bridgehead atoms. The number of nitrogens with zero attached hydrogens (tertiary/aromatic N) is 4. The van der Waals surface area contributed by atoms with Crippen LogP contribution in [0.25, 0.3) is 10.2 Å². The summed E-state index contributed by atoms with van der Waals surface area (Å²) < 4.78 is 8.06. The van der Waals surface area contributed by atoms with E-state index in [0.29, 0.717) is 29.6 Å². The molecule has 0 aliphatic heterocycles. The first kappa shape index (κ1) is 22.5. The standard InChI is InChI=1S/C19H17ClN4O6S/c1-3-30-7-6-22-17-11(2)15(20)4-5-16(17)31-19(22)21-18(25)12-8-13(23(26)27)10-14(9-12)24(28)29/h4-5,8-10H,3,6-7H2,1-2H3. The van der Waals surface area contributed by atoms with Gasteiger partial charge >= 0.3 is 0 Å². The molecule has 0 saturated heterocycles. The number of thiazole rings is 1. The Hall–Kier alpha value is -3.15. The summed E-state index contributed by atoms with van der Waals surface area (Å²) in [5, 5.41) is 22.8. The maximum Gasteiger partial charge on any atom is 0.280 e. The van der Waals surface area contributed by atoms with Gasteiger partial charge < -0.3 is 9.30 Å². The van der Waals surface area contributed by atoms with Crippen LogP contribution >= 0.6 is 22.9 Å². The fraction of sp³-hybridized carbons (Fsp3) is 0.263. The number of fused-ring (bicyclic) bond motifs is 1. The van der Waals surface area contributed by atoms with E-state index in [2.05, 4.69) is 4.99 Å². The van der Waals surface area contributed by atoms with Gasteiger partial charge in [-0.05, 0) is 31.5 Å². The van der Waals surface area contributed by atoms with E-state index in [-0.39, 0.29) is 5.56 Å². The van der Waals surface area contributed by atoms with Gasteiger partial charge in [0.2, 0.25) is 0 Å². The summed E-state index contributed by atoms with van der Waals surface area (Å²) in [4.78, 5) is 37.9. The Kier molecular flexibility index (Phi) is 6.78. The number of aromatic nitrogens is 1. The number of amides is 1. The Balaban J connectivity index is 2.17. The Morgan fingerprint density at radius 1 is 1.19 bits per heavy atom. The molecule has 0 radical (unpaired) electrons. The van der Waals surface area contributed by atoms with Crippen molar-refractivity contribution in [3.8, 4) is 0 Å². The van der Waals surface area contributed by atoms with Gasteiger partial charge in [0.15, 0.2) is 4.80 Å². The van der Waals surface area contributed by atoms with Crippen molar-refractivity contribution in [1.29, 1.82) is 0 Å². The van der Waals surface area contributed by atoms with Crippen molar-refractivity contribution >= 4 is 50.4 Å². The van der Waals surface area contributed by atoms with Crippen molar-refractivity contribution in [3.63, 3.8) is 0 Å². The molecule has 0 saturated carbocycles. The molecule has 2 aromatic carbocycles. The van der Waals surface area contributed by atoms with Crippen LogP contribution in [-0.4, -0.2) is 33.5 Å². The number of ether oxygens (including phenoxy) is 1. The predicted molar refractivity (Wildman–Crippen MR) is 116 cm³/mol. The highest BCUT2D eigenvalue weighted by molar-refractivity contribution is 7.16. The third-order valence-corrected chi connectivity index (χ3v) is 5.91. The largest absolute Gasteiger partial charge is 0.380 e. The van der Waals surface area contributed by atoms with Crippen LogP contribution in [0.2, 0.25) is 5.02 Å². The number of nitro groups is 2. The van der Waals surface area contributed by atoms with Gasteiger partial charge in [-0.3, -0.25) is 25.0 Å². The topological polar surface area (TPSA) is 130 Å². The Morgan fingerprint density at radius 2 is 1.84 bits per heavy atom. The molecule has 0 spiro atoms. The first-order valence-electron chi connectivity index (χ1n) is 9.12. The second kappa shape index (κ2) is 9.33. The first-order chi connectivity index (χ1) is 14.7. The van der Waals surface area contributed by atoms with Gasteiger partial charge in [0.05, 0.1) is 38.3 Å². The SMILES string of the molecule is CCOCCn1c(=NC(=O)c2cc([N+](=O)[O-])cc([N+](=O)[O-])c2)sc2ccc(Cl)c(C)c21. The highest BCUT2D eigenvalue weighted by atomic mass is 35.5. The molecule has 162 valence electrons. The quantitative estimate of drug-likeness (QED) is 0.291. The maximum absolute atomic E-state index is 12.8. The fourth-order valence-corrected chi connectivity index (χ4v) is 4.26. The minimum Gasteiger partial charge on any atom is -0.380 e. The van der Waals surface area contributed by atoms with Crippen LogP contribution in [0.15, 0.2) is 35.3 Å². The molecule has 0 aliphatic carbocycles. The van der Waals surface area contributed by atoms with E-state index in [1.807, 2.05) is 19.9 Å². The zero-order chi connectivity index (χ0) is 22.7. The molecule has 0 aliphatic rings. The molecule has 1 heterocycles. The lowest BCUT2D eigenvalue weighted by Gasteiger charge is -2.08. The first-order valence-corrected chi connectivity index (χ1v) is 10.3. The molecular weight excluding hydrogens is 448 g/mol. The van der Waals surface area contributed by atoms with E-state index in [0.717, 1.165) is 34.0 Å². The van der Waals surface area contributed by atoms with E-state index in [1.54, 1.807) is 10.6 Å².